The molecule has 2 aromatic heterocycles. The highest BCUT2D eigenvalue weighted by molar-refractivity contribution is 7.99. The first-order valence-electron chi connectivity index (χ1n) is 9.47. The van der Waals surface area contributed by atoms with Gasteiger partial charge in [-0.3, -0.25) is 14.7 Å². The average molecular weight is 407 g/mol. The first-order valence-corrected chi connectivity index (χ1v) is 10.5. The molecule has 0 aromatic carbocycles. The smallest absolute Gasteiger partial charge is 0.321 e. The summed E-state index contributed by atoms with van der Waals surface area (Å²) in [6, 6.07) is 3.25. The van der Waals surface area contributed by atoms with E-state index in [4.69, 9.17) is 4.42 Å². The summed E-state index contributed by atoms with van der Waals surface area (Å²) < 4.78 is 7.47. The Hall–Kier alpha value is -2.49. The minimum Gasteiger partial charge on any atom is -0.467 e. The number of urea groups is 1. The molecule has 0 unspecified atom stereocenters. The van der Waals surface area contributed by atoms with Crippen LogP contribution in [-0.4, -0.2) is 52.1 Å². The first kappa shape index (κ1) is 20.2. The van der Waals surface area contributed by atoms with Gasteiger partial charge < -0.3 is 14.6 Å². The molecule has 10 heteroatoms. The van der Waals surface area contributed by atoms with Gasteiger partial charge in [0.15, 0.2) is 5.16 Å². The van der Waals surface area contributed by atoms with Crippen LogP contribution in [0.3, 0.4) is 0 Å². The van der Waals surface area contributed by atoms with Gasteiger partial charge in [-0.15, -0.1) is 10.2 Å². The Bertz CT molecular complexity index is 791. The lowest BCUT2D eigenvalue weighted by Crippen LogP contribution is -2.40. The van der Waals surface area contributed by atoms with E-state index in [1.54, 1.807) is 13.2 Å². The predicted molar refractivity (Wildman–Crippen MR) is 106 cm³/mol. The summed E-state index contributed by atoms with van der Waals surface area (Å²) in [5, 5.41) is 14.1. The fourth-order valence-electron chi connectivity index (χ4n) is 3.19. The molecular formula is C18H26N6O3S. The van der Waals surface area contributed by atoms with Crippen molar-refractivity contribution in [1.82, 2.24) is 25.4 Å². The Balaban J connectivity index is 1.72. The number of carbonyl (C=O) groups is 2. The van der Waals surface area contributed by atoms with Gasteiger partial charge in [0.2, 0.25) is 11.9 Å². The molecule has 2 aromatic rings. The van der Waals surface area contributed by atoms with Crippen LogP contribution in [0.15, 0.2) is 28.0 Å². The number of nitrogens with one attached hydrogen (secondary N) is 2. The third-order valence-electron chi connectivity index (χ3n) is 4.45. The number of carbonyl (C=O) groups excluding carboxylic acids is 2. The summed E-state index contributed by atoms with van der Waals surface area (Å²) in [6.07, 6.45) is 3.96. The van der Waals surface area contributed by atoms with E-state index in [0.717, 1.165) is 31.2 Å². The van der Waals surface area contributed by atoms with E-state index in [9.17, 15) is 9.59 Å². The molecule has 1 aliphatic rings. The van der Waals surface area contributed by atoms with E-state index in [2.05, 4.69) is 32.7 Å². The SMILES string of the molecule is CCNC(=O)NC(=O)CSc1nnc(N2CCC[C@@H](C)C2)n1Cc1ccco1. The van der Waals surface area contributed by atoms with Crippen LogP contribution in [0.2, 0.25) is 0 Å². The van der Waals surface area contributed by atoms with Crippen LogP contribution in [0, 0.1) is 5.92 Å². The fraction of sp³-hybridized carbons (Fsp3) is 0.556. The normalized spacial score (nSPS) is 16.8. The lowest BCUT2D eigenvalue weighted by molar-refractivity contribution is -0.117. The molecule has 3 amide bonds. The molecule has 0 bridgehead atoms. The molecule has 1 fully saturated rings. The summed E-state index contributed by atoms with van der Waals surface area (Å²) >= 11 is 1.25. The molecule has 2 N–H and O–H groups in total. The number of amides is 3. The van der Waals surface area contributed by atoms with Crippen molar-refractivity contribution in [3.8, 4) is 0 Å². The predicted octanol–water partition coefficient (Wildman–Crippen LogP) is 2.09. The Morgan fingerprint density at radius 2 is 2.25 bits per heavy atom. The van der Waals surface area contributed by atoms with E-state index in [-0.39, 0.29) is 11.7 Å². The highest BCUT2D eigenvalue weighted by Gasteiger charge is 2.24. The van der Waals surface area contributed by atoms with Crippen LogP contribution in [-0.2, 0) is 11.3 Å². The van der Waals surface area contributed by atoms with Crippen LogP contribution >= 0.6 is 11.8 Å². The molecule has 3 rings (SSSR count). The summed E-state index contributed by atoms with van der Waals surface area (Å²) in [6.45, 7) is 6.84. The number of rotatable bonds is 7. The number of anilines is 1. The molecule has 28 heavy (non-hydrogen) atoms. The number of furan rings is 1. The van der Waals surface area contributed by atoms with Gasteiger partial charge in [0, 0.05) is 19.6 Å². The Morgan fingerprint density at radius 3 is 2.96 bits per heavy atom. The highest BCUT2D eigenvalue weighted by atomic mass is 32.2. The molecule has 0 radical (unpaired) electrons. The quantitative estimate of drug-likeness (QED) is 0.678. The summed E-state index contributed by atoms with van der Waals surface area (Å²) in [5.41, 5.74) is 0. The van der Waals surface area contributed by atoms with Gasteiger partial charge in [0.05, 0.1) is 18.6 Å². The molecule has 0 aliphatic carbocycles. The van der Waals surface area contributed by atoms with Crippen LogP contribution in [0.4, 0.5) is 10.7 Å². The van der Waals surface area contributed by atoms with Crippen molar-refractivity contribution < 1.29 is 14.0 Å². The summed E-state index contributed by atoms with van der Waals surface area (Å²) in [4.78, 5) is 25.7. The third-order valence-corrected chi connectivity index (χ3v) is 5.42. The average Bonchev–Trinajstić information content (AvgIpc) is 3.30. The summed E-state index contributed by atoms with van der Waals surface area (Å²) in [7, 11) is 0. The fourth-order valence-corrected chi connectivity index (χ4v) is 3.92. The maximum Gasteiger partial charge on any atom is 0.321 e. The van der Waals surface area contributed by atoms with E-state index >= 15 is 0 Å². The second-order valence-corrected chi connectivity index (χ2v) is 7.78. The van der Waals surface area contributed by atoms with Gasteiger partial charge in [-0.1, -0.05) is 18.7 Å². The molecular weight excluding hydrogens is 380 g/mol. The minimum absolute atomic E-state index is 0.0732. The standard InChI is InChI=1S/C18H26N6O3S/c1-3-19-16(26)20-15(25)12-28-18-22-21-17(23-8-4-6-13(2)10-23)24(18)11-14-7-5-9-27-14/h5,7,9,13H,3-4,6,8,10-12H2,1-2H3,(H2,19,20,25,26)/t13-/m1/s1. The van der Waals surface area contributed by atoms with Crippen molar-refractivity contribution in [2.45, 2.75) is 38.4 Å². The Labute approximate surface area is 168 Å². The van der Waals surface area contributed by atoms with Crippen molar-refractivity contribution in [2.75, 3.05) is 30.3 Å². The van der Waals surface area contributed by atoms with E-state index in [0.29, 0.717) is 24.2 Å². The lowest BCUT2D eigenvalue weighted by Gasteiger charge is -2.31. The molecule has 0 spiro atoms. The van der Waals surface area contributed by atoms with Crippen molar-refractivity contribution in [1.29, 1.82) is 0 Å². The van der Waals surface area contributed by atoms with E-state index in [1.165, 1.54) is 18.2 Å². The molecule has 0 saturated carbocycles. The molecule has 1 atom stereocenters. The van der Waals surface area contributed by atoms with Crippen molar-refractivity contribution in [3.05, 3.63) is 24.2 Å². The van der Waals surface area contributed by atoms with Gasteiger partial charge in [-0.25, -0.2) is 4.79 Å². The van der Waals surface area contributed by atoms with Gasteiger partial charge >= 0.3 is 6.03 Å². The molecule has 3 heterocycles. The van der Waals surface area contributed by atoms with E-state index in [1.807, 2.05) is 16.7 Å². The molecule has 152 valence electrons. The second-order valence-electron chi connectivity index (χ2n) is 6.84. The van der Waals surface area contributed by atoms with Gasteiger partial charge in [-0.2, -0.15) is 0 Å². The number of aromatic nitrogens is 3. The Kier molecular flexibility index (Phi) is 6.96. The maximum atomic E-state index is 12.0. The number of thioether (sulfide) groups is 1. The number of imide groups is 1. The van der Waals surface area contributed by atoms with Gasteiger partial charge in [0.1, 0.15) is 5.76 Å². The van der Waals surface area contributed by atoms with E-state index < -0.39 is 6.03 Å². The number of piperidine rings is 1. The zero-order valence-electron chi connectivity index (χ0n) is 16.2. The number of hydrogen-bond donors (Lipinski definition) is 2. The molecule has 1 aliphatic heterocycles. The number of nitrogens with zero attached hydrogens (tertiary/aromatic N) is 4. The zero-order valence-corrected chi connectivity index (χ0v) is 17.0. The van der Waals surface area contributed by atoms with Gasteiger partial charge in [0.25, 0.3) is 0 Å². The maximum absolute atomic E-state index is 12.0. The Morgan fingerprint density at radius 1 is 1.39 bits per heavy atom. The first-order chi connectivity index (χ1) is 13.6. The van der Waals surface area contributed by atoms with Crippen LogP contribution in [0.5, 0.6) is 0 Å². The van der Waals surface area contributed by atoms with Crippen LogP contribution in [0.1, 0.15) is 32.4 Å². The highest BCUT2D eigenvalue weighted by Crippen LogP contribution is 2.27. The van der Waals surface area contributed by atoms with Crippen molar-refractivity contribution >= 4 is 29.6 Å². The minimum atomic E-state index is -0.492. The third kappa shape index (κ3) is 5.28. The molecule has 1 saturated heterocycles. The van der Waals surface area contributed by atoms with Crippen LogP contribution < -0.4 is 15.5 Å². The van der Waals surface area contributed by atoms with Crippen molar-refractivity contribution in [3.63, 3.8) is 0 Å². The monoisotopic (exact) mass is 406 g/mol. The van der Waals surface area contributed by atoms with Crippen molar-refractivity contribution in [2.24, 2.45) is 5.92 Å². The van der Waals surface area contributed by atoms with Gasteiger partial charge in [-0.05, 0) is 37.8 Å². The second kappa shape index (κ2) is 9.63. The van der Waals surface area contributed by atoms with Crippen LogP contribution in [0.25, 0.3) is 0 Å². The lowest BCUT2D eigenvalue weighted by atomic mass is 10.0. The molecule has 9 nitrogen and oxygen atoms in total. The zero-order chi connectivity index (χ0) is 19.9. The largest absolute Gasteiger partial charge is 0.467 e. The topological polar surface area (TPSA) is 105 Å². The summed E-state index contributed by atoms with van der Waals surface area (Å²) in [5.74, 6) is 1.87. The number of hydrogen-bond acceptors (Lipinski definition) is 7.